The average molecular weight is 660 g/mol. The average Bonchev–Trinajstić information content (AvgIpc) is 3.07. The molecule has 0 aliphatic rings. The van der Waals surface area contributed by atoms with Crippen LogP contribution >= 0.6 is 0 Å². The number of unbranched alkanes of at least 4 members (excludes halogenated alkanes) is 26. The Balaban J connectivity index is 3.65. The monoisotopic (exact) mass is 660 g/mol. The third kappa shape index (κ3) is 35.7. The van der Waals surface area contributed by atoms with Crippen molar-refractivity contribution in [1.82, 2.24) is 5.32 Å². The van der Waals surface area contributed by atoms with Crippen LogP contribution < -0.4 is 5.32 Å². The summed E-state index contributed by atoms with van der Waals surface area (Å²) in [4.78, 5) is 12.3. The fraction of sp³-hybridized carbons (Fsp3) is 0.837. The Morgan fingerprint density at radius 2 is 0.830 bits per heavy atom. The molecule has 4 heteroatoms. The van der Waals surface area contributed by atoms with E-state index < -0.39 is 12.1 Å². The first-order chi connectivity index (χ1) is 23.2. The van der Waals surface area contributed by atoms with Gasteiger partial charge in [0.15, 0.2) is 0 Å². The number of amides is 1. The molecule has 0 heterocycles. The van der Waals surface area contributed by atoms with E-state index in [1.807, 2.05) is 6.08 Å². The summed E-state index contributed by atoms with van der Waals surface area (Å²) in [5.41, 5.74) is 0. The molecule has 0 saturated heterocycles. The van der Waals surface area contributed by atoms with Crippen LogP contribution in [0.25, 0.3) is 0 Å². The molecule has 2 unspecified atom stereocenters. The van der Waals surface area contributed by atoms with Gasteiger partial charge in [-0.2, -0.15) is 0 Å². The zero-order valence-corrected chi connectivity index (χ0v) is 31.5. The molecule has 47 heavy (non-hydrogen) atoms. The molecule has 0 aromatic rings. The lowest BCUT2D eigenvalue weighted by molar-refractivity contribution is -0.123. The van der Waals surface area contributed by atoms with Crippen LogP contribution in [0.4, 0.5) is 0 Å². The Labute approximate surface area is 293 Å². The number of aliphatic hydroxyl groups is 2. The van der Waals surface area contributed by atoms with Crippen molar-refractivity contribution in [3.05, 3.63) is 36.5 Å². The van der Waals surface area contributed by atoms with E-state index in [4.69, 9.17) is 0 Å². The van der Waals surface area contributed by atoms with Gasteiger partial charge in [-0.1, -0.05) is 198 Å². The Bertz CT molecular complexity index is 716. The van der Waals surface area contributed by atoms with Gasteiger partial charge in [0.1, 0.15) is 0 Å². The predicted octanol–water partition coefficient (Wildman–Crippen LogP) is 12.6. The van der Waals surface area contributed by atoms with Crippen molar-refractivity contribution in [1.29, 1.82) is 0 Å². The van der Waals surface area contributed by atoms with Gasteiger partial charge in [-0.3, -0.25) is 4.79 Å². The van der Waals surface area contributed by atoms with Crippen LogP contribution in [0, 0.1) is 0 Å². The number of nitrogens with one attached hydrogen (secondary N) is 1. The maximum Gasteiger partial charge on any atom is 0.220 e. The SMILES string of the molecule is CCCCCCCCCCCCC/C=C/CC/C=C/CC/C=C/C(O)C(CO)NC(=O)CCCCCCCCCCCCCCCC. The van der Waals surface area contributed by atoms with Crippen LogP contribution in [0.3, 0.4) is 0 Å². The molecule has 0 spiro atoms. The second kappa shape index (κ2) is 39.1. The number of carbonyl (C=O) groups is 1. The Morgan fingerprint density at radius 1 is 0.489 bits per heavy atom. The van der Waals surface area contributed by atoms with Crippen molar-refractivity contribution in [3.8, 4) is 0 Å². The Kier molecular flexibility index (Phi) is 37.9. The van der Waals surface area contributed by atoms with E-state index in [9.17, 15) is 15.0 Å². The second-order valence-corrected chi connectivity index (χ2v) is 14.0. The van der Waals surface area contributed by atoms with E-state index in [2.05, 4.69) is 43.5 Å². The number of hydrogen-bond acceptors (Lipinski definition) is 3. The highest BCUT2D eigenvalue weighted by Gasteiger charge is 2.17. The van der Waals surface area contributed by atoms with Crippen molar-refractivity contribution in [2.75, 3.05) is 6.61 Å². The number of rotatable bonds is 37. The third-order valence-electron chi connectivity index (χ3n) is 9.35. The summed E-state index contributed by atoms with van der Waals surface area (Å²) in [6.45, 7) is 4.29. The highest BCUT2D eigenvalue weighted by atomic mass is 16.3. The minimum atomic E-state index is -0.866. The van der Waals surface area contributed by atoms with Crippen molar-refractivity contribution in [2.45, 2.75) is 225 Å². The molecule has 0 aliphatic carbocycles. The molecule has 4 nitrogen and oxygen atoms in total. The third-order valence-corrected chi connectivity index (χ3v) is 9.35. The van der Waals surface area contributed by atoms with E-state index in [0.717, 1.165) is 38.5 Å². The summed E-state index contributed by atoms with van der Waals surface area (Å²) in [6.07, 6.45) is 51.0. The van der Waals surface area contributed by atoms with Crippen molar-refractivity contribution in [3.63, 3.8) is 0 Å². The summed E-state index contributed by atoms with van der Waals surface area (Å²) >= 11 is 0. The molecular weight excluding hydrogens is 578 g/mol. The van der Waals surface area contributed by atoms with Gasteiger partial charge in [0.05, 0.1) is 18.8 Å². The molecule has 0 fully saturated rings. The van der Waals surface area contributed by atoms with Gasteiger partial charge in [-0.15, -0.1) is 0 Å². The standard InChI is InChI=1S/C43H81NO3/c1-3-5-7-9-11-13-15-17-19-20-21-22-23-24-25-26-28-30-32-34-36-38-42(46)41(40-45)44-43(47)39-37-35-33-31-29-27-18-16-14-12-10-8-6-4-2/h23-24,28,30,36,38,41-42,45-46H,3-22,25-27,29,31-35,37,39-40H2,1-2H3,(H,44,47)/b24-23+,30-28+,38-36+. The maximum atomic E-state index is 12.3. The van der Waals surface area contributed by atoms with Crippen LogP contribution in [0.2, 0.25) is 0 Å². The quantitative estimate of drug-likeness (QED) is 0.0459. The Hall–Kier alpha value is -1.39. The van der Waals surface area contributed by atoms with Gasteiger partial charge in [0.25, 0.3) is 0 Å². The summed E-state index contributed by atoms with van der Waals surface area (Å²) in [5.74, 6) is -0.0776. The molecule has 0 saturated carbocycles. The molecule has 3 N–H and O–H groups in total. The van der Waals surface area contributed by atoms with E-state index in [0.29, 0.717) is 6.42 Å². The van der Waals surface area contributed by atoms with Gasteiger partial charge >= 0.3 is 0 Å². The molecule has 0 aliphatic heterocycles. The number of allylic oxidation sites excluding steroid dienone is 5. The fourth-order valence-electron chi connectivity index (χ4n) is 6.15. The molecule has 0 aromatic heterocycles. The van der Waals surface area contributed by atoms with Gasteiger partial charge in [0, 0.05) is 6.42 Å². The minimum Gasteiger partial charge on any atom is -0.394 e. The smallest absolute Gasteiger partial charge is 0.220 e. The summed E-state index contributed by atoms with van der Waals surface area (Å²) < 4.78 is 0. The summed E-state index contributed by atoms with van der Waals surface area (Å²) in [7, 11) is 0. The first-order valence-corrected chi connectivity index (χ1v) is 20.7. The van der Waals surface area contributed by atoms with Crippen molar-refractivity contribution >= 4 is 5.91 Å². The highest BCUT2D eigenvalue weighted by Crippen LogP contribution is 2.14. The molecule has 0 bridgehead atoms. The lowest BCUT2D eigenvalue weighted by Crippen LogP contribution is -2.45. The zero-order chi connectivity index (χ0) is 34.3. The number of carbonyl (C=O) groups excluding carboxylic acids is 1. The van der Waals surface area contributed by atoms with E-state index in [1.165, 1.54) is 154 Å². The van der Waals surface area contributed by atoms with Gasteiger partial charge < -0.3 is 15.5 Å². The van der Waals surface area contributed by atoms with E-state index in [1.54, 1.807) is 6.08 Å². The fourth-order valence-corrected chi connectivity index (χ4v) is 6.15. The zero-order valence-electron chi connectivity index (χ0n) is 31.5. The first kappa shape index (κ1) is 45.6. The maximum absolute atomic E-state index is 12.3. The van der Waals surface area contributed by atoms with Crippen LogP contribution in [-0.2, 0) is 4.79 Å². The molecule has 0 radical (unpaired) electrons. The normalized spacial score (nSPS) is 13.4. The first-order valence-electron chi connectivity index (χ1n) is 20.7. The number of hydrogen-bond donors (Lipinski definition) is 3. The lowest BCUT2D eigenvalue weighted by atomic mass is 10.0. The highest BCUT2D eigenvalue weighted by molar-refractivity contribution is 5.76. The molecule has 0 rings (SSSR count). The van der Waals surface area contributed by atoms with E-state index >= 15 is 0 Å². The summed E-state index contributed by atoms with van der Waals surface area (Å²) in [6, 6.07) is -0.641. The van der Waals surface area contributed by atoms with Crippen LogP contribution in [0.5, 0.6) is 0 Å². The predicted molar refractivity (Wildman–Crippen MR) is 207 cm³/mol. The van der Waals surface area contributed by atoms with Crippen LogP contribution in [0.15, 0.2) is 36.5 Å². The number of aliphatic hydroxyl groups excluding tert-OH is 2. The van der Waals surface area contributed by atoms with Crippen molar-refractivity contribution in [2.24, 2.45) is 0 Å². The second-order valence-electron chi connectivity index (χ2n) is 14.0. The molecule has 0 aromatic carbocycles. The van der Waals surface area contributed by atoms with Gasteiger partial charge in [-0.05, 0) is 44.9 Å². The van der Waals surface area contributed by atoms with Gasteiger partial charge in [0.2, 0.25) is 5.91 Å². The van der Waals surface area contributed by atoms with Gasteiger partial charge in [-0.25, -0.2) is 0 Å². The minimum absolute atomic E-state index is 0.0776. The summed E-state index contributed by atoms with van der Waals surface area (Å²) in [5, 5.41) is 22.9. The Morgan fingerprint density at radius 3 is 1.23 bits per heavy atom. The van der Waals surface area contributed by atoms with Crippen LogP contribution in [-0.4, -0.2) is 34.9 Å². The largest absolute Gasteiger partial charge is 0.394 e. The van der Waals surface area contributed by atoms with Crippen molar-refractivity contribution < 1.29 is 15.0 Å². The molecule has 276 valence electrons. The topological polar surface area (TPSA) is 69.6 Å². The molecule has 1 amide bonds. The van der Waals surface area contributed by atoms with E-state index in [-0.39, 0.29) is 12.5 Å². The molecule has 2 atom stereocenters. The lowest BCUT2D eigenvalue weighted by Gasteiger charge is -2.19. The van der Waals surface area contributed by atoms with Crippen LogP contribution in [0.1, 0.15) is 213 Å². The molecular formula is C43H81NO3.